The molecule has 21 heavy (non-hydrogen) atoms. The zero-order chi connectivity index (χ0) is 14.4. The Labute approximate surface area is 127 Å². The van der Waals surface area contributed by atoms with E-state index in [1.165, 1.54) is 43.2 Å². The summed E-state index contributed by atoms with van der Waals surface area (Å²) in [5.41, 5.74) is 3.20. The first-order valence-electron chi connectivity index (χ1n) is 8.24. The van der Waals surface area contributed by atoms with Gasteiger partial charge in [-0.25, -0.2) is 0 Å². The molecular formula is C19H23NO. The number of terminal acetylenes is 1. The van der Waals surface area contributed by atoms with Gasteiger partial charge < -0.3 is 5.11 Å². The van der Waals surface area contributed by atoms with Gasteiger partial charge in [0, 0.05) is 18.0 Å². The van der Waals surface area contributed by atoms with E-state index in [1.54, 1.807) is 0 Å². The van der Waals surface area contributed by atoms with Gasteiger partial charge in [-0.05, 0) is 54.9 Å². The van der Waals surface area contributed by atoms with Crippen LogP contribution in [0.25, 0.3) is 0 Å². The summed E-state index contributed by atoms with van der Waals surface area (Å²) in [5, 5.41) is 9.97. The summed E-state index contributed by atoms with van der Waals surface area (Å²) in [6.07, 6.45) is 13.2. The maximum absolute atomic E-state index is 9.97. The van der Waals surface area contributed by atoms with Crippen LogP contribution in [0.1, 0.15) is 43.2 Å². The number of rotatable bonds is 1. The van der Waals surface area contributed by atoms with Gasteiger partial charge in [-0.1, -0.05) is 24.8 Å². The second-order valence-corrected chi connectivity index (χ2v) is 7.05. The largest absolute Gasteiger partial charge is 0.508 e. The van der Waals surface area contributed by atoms with Crippen molar-refractivity contribution < 1.29 is 5.11 Å². The van der Waals surface area contributed by atoms with Crippen molar-refractivity contribution in [1.82, 2.24) is 4.90 Å². The smallest absolute Gasteiger partial charge is 0.115 e. The van der Waals surface area contributed by atoms with Crippen LogP contribution in [0.15, 0.2) is 18.2 Å². The van der Waals surface area contributed by atoms with E-state index in [0.29, 0.717) is 17.2 Å². The maximum atomic E-state index is 9.97. The lowest BCUT2D eigenvalue weighted by Crippen LogP contribution is -2.60. The van der Waals surface area contributed by atoms with Gasteiger partial charge in [-0.15, -0.1) is 6.42 Å². The van der Waals surface area contributed by atoms with Crippen LogP contribution in [0.4, 0.5) is 0 Å². The minimum Gasteiger partial charge on any atom is -0.508 e. The first kappa shape index (κ1) is 13.2. The molecule has 0 aromatic heterocycles. The number of benzene rings is 1. The van der Waals surface area contributed by atoms with E-state index >= 15 is 0 Å². The molecule has 2 aliphatic carbocycles. The maximum Gasteiger partial charge on any atom is 0.115 e. The quantitative estimate of drug-likeness (QED) is 0.800. The Kier molecular flexibility index (Phi) is 3.01. The number of likely N-dealkylation sites (tertiary alicyclic amines) is 1. The minimum atomic E-state index is 0.306. The van der Waals surface area contributed by atoms with E-state index in [1.807, 2.05) is 6.07 Å². The van der Waals surface area contributed by atoms with Crippen LogP contribution in [-0.2, 0) is 11.8 Å². The molecule has 1 unspecified atom stereocenters. The lowest BCUT2D eigenvalue weighted by molar-refractivity contribution is -0.00416. The SMILES string of the molecule is C#CCN1CCC23CCCC[C@H]2[C@@H]1Cc1ccc(O)cc13. The van der Waals surface area contributed by atoms with Gasteiger partial charge in [-0.3, -0.25) is 4.90 Å². The summed E-state index contributed by atoms with van der Waals surface area (Å²) in [6.45, 7) is 1.89. The highest BCUT2D eigenvalue weighted by Crippen LogP contribution is 2.56. The average molecular weight is 281 g/mol. The van der Waals surface area contributed by atoms with Gasteiger partial charge in [-0.2, -0.15) is 0 Å². The van der Waals surface area contributed by atoms with Crippen molar-refractivity contribution in [2.75, 3.05) is 13.1 Å². The predicted octanol–water partition coefficient (Wildman–Crippen LogP) is 3.08. The highest BCUT2D eigenvalue weighted by atomic mass is 16.3. The molecule has 0 amide bonds. The predicted molar refractivity (Wildman–Crippen MR) is 84.3 cm³/mol. The van der Waals surface area contributed by atoms with E-state index in [-0.39, 0.29) is 0 Å². The van der Waals surface area contributed by atoms with Crippen LogP contribution >= 0.6 is 0 Å². The zero-order valence-electron chi connectivity index (χ0n) is 12.5. The molecule has 4 rings (SSSR count). The highest BCUT2D eigenvalue weighted by Gasteiger charge is 2.53. The second kappa shape index (κ2) is 4.78. The van der Waals surface area contributed by atoms with Gasteiger partial charge in [0.15, 0.2) is 0 Å². The molecule has 3 aliphatic rings. The molecule has 0 spiro atoms. The fourth-order valence-corrected chi connectivity index (χ4v) is 5.39. The van der Waals surface area contributed by atoms with Gasteiger partial charge in [0.1, 0.15) is 5.75 Å². The van der Waals surface area contributed by atoms with Crippen LogP contribution in [0.3, 0.4) is 0 Å². The summed E-state index contributed by atoms with van der Waals surface area (Å²) >= 11 is 0. The van der Waals surface area contributed by atoms with Crippen molar-refractivity contribution >= 4 is 0 Å². The third-order valence-electron chi connectivity index (χ3n) is 6.23. The van der Waals surface area contributed by atoms with Crippen molar-refractivity contribution in [3.8, 4) is 18.1 Å². The number of hydrogen-bond donors (Lipinski definition) is 1. The summed E-state index contributed by atoms with van der Waals surface area (Å²) in [5.74, 6) is 4.01. The normalized spacial score (nSPS) is 34.6. The molecule has 2 fully saturated rings. The molecule has 2 nitrogen and oxygen atoms in total. The zero-order valence-corrected chi connectivity index (χ0v) is 12.5. The van der Waals surface area contributed by atoms with Gasteiger partial charge in [0.2, 0.25) is 0 Å². The van der Waals surface area contributed by atoms with E-state index in [0.717, 1.165) is 25.4 Å². The molecule has 1 heterocycles. The fraction of sp³-hybridized carbons (Fsp3) is 0.579. The Morgan fingerprint density at radius 1 is 1.33 bits per heavy atom. The number of piperidine rings is 1. The van der Waals surface area contributed by atoms with Crippen LogP contribution in [0, 0.1) is 18.3 Å². The second-order valence-electron chi connectivity index (χ2n) is 7.05. The first-order valence-corrected chi connectivity index (χ1v) is 8.24. The summed E-state index contributed by atoms with van der Waals surface area (Å²) in [6, 6.07) is 6.65. The number of phenols is 1. The van der Waals surface area contributed by atoms with Crippen molar-refractivity contribution in [1.29, 1.82) is 0 Å². The topological polar surface area (TPSA) is 23.5 Å². The molecule has 1 saturated heterocycles. The van der Waals surface area contributed by atoms with Crippen molar-refractivity contribution in [2.24, 2.45) is 5.92 Å². The van der Waals surface area contributed by atoms with Crippen LogP contribution < -0.4 is 0 Å². The van der Waals surface area contributed by atoms with Crippen molar-refractivity contribution in [2.45, 2.75) is 50.0 Å². The van der Waals surface area contributed by atoms with Gasteiger partial charge in [0.05, 0.1) is 6.54 Å². The highest BCUT2D eigenvalue weighted by molar-refractivity contribution is 5.45. The first-order chi connectivity index (χ1) is 10.2. The Bertz CT molecular complexity index is 602. The third-order valence-corrected chi connectivity index (χ3v) is 6.23. The van der Waals surface area contributed by atoms with Crippen molar-refractivity contribution in [3.05, 3.63) is 29.3 Å². The molecule has 2 bridgehead atoms. The van der Waals surface area contributed by atoms with Crippen LogP contribution in [-0.4, -0.2) is 29.1 Å². The van der Waals surface area contributed by atoms with Crippen LogP contribution in [0.2, 0.25) is 0 Å². The Morgan fingerprint density at radius 3 is 3.10 bits per heavy atom. The summed E-state index contributed by atoms with van der Waals surface area (Å²) in [7, 11) is 0. The molecule has 0 radical (unpaired) electrons. The van der Waals surface area contributed by atoms with Crippen molar-refractivity contribution in [3.63, 3.8) is 0 Å². The molecule has 1 aliphatic heterocycles. The molecule has 1 aromatic carbocycles. The standard InChI is InChI=1S/C19H23NO/c1-2-10-20-11-9-19-8-4-3-5-16(19)18(20)12-14-6-7-15(21)13-17(14)19/h1,6-7,13,16,18,21H,3-5,8-12H2/t16-,18-,19?/m0/s1. The van der Waals surface area contributed by atoms with Crippen LogP contribution in [0.5, 0.6) is 5.75 Å². The number of fused-ring (bicyclic) bond motifs is 1. The lowest BCUT2D eigenvalue weighted by atomic mass is 9.52. The molecule has 1 aromatic rings. The van der Waals surface area contributed by atoms with E-state index in [2.05, 4.69) is 23.0 Å². The third kappa shape index (κ3) is 1.84. The Morgan fingerprint density at radius 2 is 2.24 bits per heavy atom. The van der Waals surface area contributed by atoms with E-state index in [9.17, 15) is 5.11 Å². The summed E-state index contributed by atoms with van der Waals surface area (Å²) in [4.78, 5) is 2.53. The molecule has 2 heteroatoms. The molecule has 3 atom stereocenters. The molecule has 1 saturated carbocycles. The van der Waals surface area contributed by atoms with Gasteiger partial charge >= 0.3 is 0 Å². The number of hydrogen-bond acceptors (Lipinski definition) is 2. The molecule has 110 valence electrons. The molecular weight excluding hydrogens is 258 g/mol. The number of phenolic OH excluding ortho intramolecular Hbond substituents is 1. The average Bonchev–Trinajstić information content (AvgIpc) is 2.51. The fourth-order valence-electron chi connectivity index (χ4n) is 5.39. The lowest BCUT2D eigenvalue weighted by Gasteiger charge is -2.58. The molecule has 1 N–H and O–H groups in total. The Hall–Kier alpha value is -1.46. The Balaban J connectivity index is 1.84. The number of nitrogens with zero attached hydrogens (tertiary/aromatic N) is 1. The van der Waals surface area contributed by atoms with E-state index in [4.69, 9.17) is 6.42 Å². The number of aromatic hydroxyl groups is 1. The minimum absolute atomic E-state index is 0.306. The van der Waals surface area contributed by atoms with E-state index < -0.39 is 0 Å². The van der Waals surface area contributed by atoms with Gasteiger partial charge in [0.25, 0.3) is 0 Å². The summed E-state index contributed by atoms with van der Waals surface area (Å²) < 4.78 is 0. The monoisotopic (exact) mass is 281 g/mol.